The van der Waals surface area contributed by atoms with E-state index >= 15 is 0 Å². The van der Waals surface area contributed by atoms with Crippen molar-refractivity contribution >= 4 is 23.3 Å². The second kappa shape index (κ2) is 11.0. The van der Waals surface area contributed by atoms with Gasteiger partial charge in [-0.25, -0.2) is 24.1 Å². The first-order chi connectivity index (χ1) is 17.7. The van der Waals surface area contributed by atoms with Crippen molar-refractivity contribution in [3.63, 3.8) is 0 Å². The third-order valence-electron chi connectivity index (χ3n) is 5.34. The second-order valence-electron chi connectivity index (χ2n) is 8.31. The number of aromatic amines is 1. The zero-order valence-electron chi connectivity index (χ0n) is 20.0. The monoisotopic (exact) mass is 522 g/mol. The summed E-state index contributed by atoms with van der Waals surface area (Å²) in [4.78, 5) is 52.7. The fourth-order valence-electron chi connectivity index (χ4n) is 3.39. The molecule has 4 aromatic rings. The average Bonchev–Trinajstić information content (AvgIpc) is 2.86. The molecule has 2 aromatic heterocycles. The normalized spacial score (nSPS) is 12.4. The van der Waals surface area contributed by atoms with Crippen molar-refractivity contribution in [2.75, 3.05) is 0 Å². The Bertz CT molecular complexity index is 1610. The Kier molecular flexibility index (Phi) is 7.63. The van der Waals surface area contributed by atoms with E-state index in [-0.39, 0.29) is 18.7 Å². The maximum atomic E-state index is 13.3. The summed E-state index contributed by atoms with van der Waals surface area (Å²) >= 11 is 5.98. The van der Waals surface area contributed by atoms with Crippen LogP contribution in [0.4, 0.5) is 5.69 Å². The Morgan fingerprint density at radius 2 is 1.81 bits per heavy atom. The summed E-state index contributed by atoms with van der Waals surface area (Å²) in [5, 5.41) is 9.79. The number of benzene rings is 2. The molecule has 12 heteroatoms. The van der Waals surface area contributed by atoms with Crippen LogP contribution in [0.2, 0.25) is 5.02 Å². The third kappa shape index (κ3) is 6.39. The molecule has 4 rings (SSSR count). The minimum atomic E-state index is -1.12. The largest absolute Gasteiger partial charge is 0.481 e. The molecule has 0 aliphatic heterocycles. The van der Waals surface area contributed by atoms with Gasteiger partial charge in [0.2, 0.25) is 11.5 Å². The number of carboxylic acids is 1. The van der Waals surface area contributed by atoms with Crippen LogP contribution in [0.5, 0.6) is 11.6 Å². The van der Waals surface area contributed by atoms with Crippen LogP contribution in [-0.2, 0) is 17.9 Å². The van der Waals surface area contributed by atoms with Crippen molar-refractivity contribution in [2.24, 2.45) is 10.9 Å². The van der Waals surface area contributed by atoms with Crippen molar-refractivity contribution in [1.82, 2.24) is 24.1 Å². The van der Waals surface area contributed by atoms with Crippen LogP contribution in [-0.4, -0.2) is 35.2 Å². The van der Waals surface area contributed by atoms with E-state index in [0.29, 0.717) is 28.0 Å². The fraction of sp³-hybridized carbons (Fsp3) is 0.200. The highest BCUT2D eigenvalue weighted by atomic mass is 35.5. The summed E-state index contributed by atoms with van der Waals surface area (Å²) in [7, 11) is 0. The number of H-pyrrole nitrogens is 1. The molecule has 11 nitrogen and oxygen atoms in total. The summed E-state index contributed by atoms with van der Waals surface area (Å²) in [6, 6.07) is 13.5. The van der Waals surface area contributed by atoms with E-state index in [4.69, 9.17) is 16.3 Å². The summed E-state index contributed by atoms with van der Waals surface area (Å²) in [5.74, 6) is -1.23. The van der Waals surface area contributed by atoms with Crippen LogP contribution >= 0.6 is 11.6 Å². The van der Waals surface area contributed by atoms with E-state index in [1.54, 1.807) is 61.7 Å². The van der Waals surface area contributed by atoms with Gasteiger partial charge in [-0.2, -0.15) is 0 Å². The molecule has 0 bridgehead atoms. The van der Waals surface area contributed by atoms with Gasteiger partial charge in [0, 0.05) is 17.8 Å². The number of ether oxygens (including phenoxy) is 1. The highest BCUT2D eigenvalue weighted by molar-refractivity contribution is 6.30. The Balaban J connectivity index is 1.74. The van der Waals surface area contributed by atoms with Gasteiger partial charge in [-0.05, 0) is 48.9 Å². The highest BCUT2D eigenvalue weighted by Crippen LogP contribution is 2.22. The number of carboxylic acid groups (broad SMARTS) is 1. The first-order valence-corrected chi connectivity index (χ1v) is 11.6. The molecule has 0 fully saturated rings. The zero-order chi connectivity index (χ0) is 26.5. The molecule has 2 N–H and O–H groups in total. The van der Waals surface area contributed by atoms with Gasteiger partial charge in [-0.3, -0.25) is 19.3 Å². The number of nitrogens with zero attached hydrogens (tertiary/aromatic N) is 5. The second-order valence-corrected chi connectivity index (χ2v) is 8.74. The van der Waals surface area contributed by atoms with Gasteiger partial charge < -0.3 is 9.84 Å². The van der Waals surface area contributed by atoms with Crippen molar-refractivity contribution in [1.29, 1.82) is 0 Å². The molecule has 0 aliphatic carbocycles. The number of nitrogens with one attached hydrogen (secondary N) is 1. The Morgan fingerprint density at radius 3 is 2.46 bits per heavy atom. The molecule has 0 spiro atoms. The topological polar surface area (TPSA) is 144 Å². The van der Waals surface area contributed by atoms with Crippen molar-refractivity contribution in [2.45, 2.75) is 26.9 Å². The zero-order valence-corrected chi connectivity index (χ0v) is 20.7. The molecule has 2 aromatic carbocycles. The van der Waals surface area contributed by atoms with Crippen LogP contribution < -0.4 is 21.7 Å². The summed E-state index contributed by atoms with van der Waals surface area (Å²) in [5.41, 5.74) is 0.439. The van der Waals surface area contributed by atoms with Gasteiger partial charge in [-0.15, -0.1) is 0 Å². The number of aryl methyl sites for hydroxylation is 1. The summed E-state index contributed by atoms with van der Waals surface area (Å²) in [6.07, 6.45) is 3.11. The van der Waals surface area contributed by atoms with E-state index < -0.39 is 23.3 Å². The van der Waals surface area contributed by atoms with E-state index in [9.17, 15) is 19.5 Å². The molecule has 190 valence electrons. The van der Waals surface area contributed by atoms with Gasteiger partial charge >= 0.3 is 17.3 Å². The number of carbonyl (C=O) groups is 1. The van der Waals surface area contributed by atoms with Crippen LogP contribution in [0.1, 0.15) is 18.2 Å². The molecule has 0 aliphatic rings. The SMILES string of the molecule is Cc1cncc(Oc2ccc(/N=c3\[nH]c(=O)n(C[C@H](C)C(=O)O)c(=O)n3Cc3ccc(Cl)cc3)cc2)n1. The first kappa shape index (κ1) is 25.6. The predicted octanol–water partition coefficient (Wildman–Crippen LogP) is 2.88. The molecule has 0 saturated heterocycles. The van der Waals surface area contributed by atoms with Crippen LogP contribution in [0, 0.1) is 12.8 Å². The predicted molar refractivity (Wildman–Crippen MR) is 135 cm³/mol. The molecule has 0 radical (unpaired) electrons. The van der Waals surface area contributed by atoms with Crippen LogP contribution in [0.3, 0.4) is 0 Å². The van der Waals surface area contributed by atoms with E-state index in [1.165, 1.54) is 17.7 Å². The maximum absolute atomic E-state index is 13.3. The maximum Gasteiger partial charge on any atom is 0.335 e. The van der Waals surface area contributed by atoms with Crippen LogP contribution in [0.25, 0.3) is 0 Å². The molecular formula is C25H23ClN6O5. The average molecular weight is 523 g/mol. The van der Waals surface area contributed by atoms with E-state index in [2.05, 4.69) is 19.9 Å². The molecule has 0 unspecified atom stereocenters. The molecular weight excluding hydrogens is 500 g/mol. The van der Waals surface area contributed by atoms with E-state index in [1.807, 2.05) is 0 Å². The van der Waals surface area contributed by atoms with Crippen LogP contribution in [0.15, 0.2) is 75.5 Å². The number of rotatable bonds is 8. The Hall–Kier alpha value is -4.51. The Labute approximate surface area is 215 Å². The minimum absolute atomic E-state index is 0.00222. The van der Waals surface area contributed by atoms with Crippen molar-refractivity contribution in [3.05, 3.63) is 104 Å². The number of halogens is 1. The van der Waals surface area contributed by atoms with Crippen molar-refractivity contribution in [3.8, 4) is 11.6 Å². The smallest absolute Gasteiger partial charge is 0.335 e. The van der Waals surface area contributed by atoms with Gasteiger partial charge in [0.25, 0.3) is 0 Å². The first-order valence-electron chi connectivity index (χ1n) is 11.2. The molecule has 2 heterocycles. The number of aliphatic carboxylic acids is 1. The lowest BCUT2D eigenvalue weighted by atomic mass is 10.2. The summed E-state index contributed by atoms with van der Waals surface area (Å²) < 4.78 is 7.82. The molecule has 0 saturated carbocycles. The van der Waals surface area contributed by atoms with Gasteiger partial charge in [-0.1, -0.05) is 30.7 Å². The van der Waals surface area contributed by atoms with E-state index in [0.717, 1.165) is 10.1 Å². The third-order valence-corrected chi connectivity index (χ3v) is 5.59. The standard InChI is InChI=1S/C25H23ClN6O5/c1-15(22(33)34)13-32-24(35)30-23(31(25(32)36)14-17-3-5-18(26)6-4-17)29-19-7-9-20(10-8-19)37-21-12-27-11-16(2)28-21/h3-12,15H,13-14H2,1-2H3,(H,33,34)(H,29,30,35)/t15-/m0/s1. The number of hydrogen-bond acceptors (Lipinski definition) is 7. The lowest BCUT2D eigenvalue weighted by molar-refractivity contribution is -0.141. The minimum Gasteiger partial charge on any atom is -0.481 e. The summed E-state index contributed by atoms with van der Waals surface area (Å²) in [6.45, 7) is 3.00. The molecule has 37 heavy (non-hydrogen) atoms. The van der Waals surface area contributed by atoms with Crippen molar-refractivity contribution < 1.29 is 14.6 Å². The lowest BCUT2D eigenvalue weighted by Gasteiger charge is -2.13. The Morgan fingerprint density at radius 1 is 1.11 bits per heavy atom. The quantitative estimate of drug-likeness (QED) is 0.362. The number of aromatic nitrogens is 5. The fourth-order valence-corrected chi connectivity index (χ4v) is 3.52. The molecule has 1 atom stereocenters. The van der Waals surface area contributed by atoms with Gasteiger partial charge in [0.05, 0.1) is 30.0 Å². The highest BCUT2D eigenvalue weighted by Gasteiger charge is 2.17. The van der Waals surface area contributed by atoms with Gasteiger partial charge in [0.15, 0.2) is 0 Å². The lowest BCUT2D eigenvalue weighted by Crippen LogP contribution is -2.51. The molecule has 0 amide bonds. The number of hydrogen-bond donors (Lipinski definition) is 2. The van der Waals surface area contributed by atoms with Gasteiger partial charge in [0.1, 0.15) is 5.75 Å².